The minimum absolute atomic E-state index is 0.0863. The second-order valence-electron chi connectivity index (χ2n) is 5.36. The van der Waals surface area contributed by atoms with E-state index in [1.54, 1.807) is 18.2 Å². The quantitative estimate of drug-likeness (QED) is 0.689. The first-order chi connectivity index (χ1) is 11.6. The highest BCUT2D eigenvalue weighted by Gasteiger charge is 2.06. The van der Waals surface area contributed by atoms with Crippen LogP contribution < -0.4 is 10.1 Å². The predicted molar refractivity (Wildman–Crippen MR) is 97.0 cm³/mol. The number of aromatic nitrogens is 1. The third-order valence-electron chi connectivity index (χ3n) is 3.61. The molecule has 4 nitrogen and oxygen atoms in total. The number of hydrogen-bond donors (Lipinski definition) is 2. The van der Waals surface area contributed by atoms with Crippen LogP contribution in [0.4, 0.5) is 0 Å². The van der Waals surface area contributed by atoms with Gasteiger partial charge in [-0.2, -0.15) is 0 Å². The molecular weight excluding hydrogens is 347 g/mol. The van der Waals surface area contributed by atoms with Gasteiger partial charge in [0, 0.05) is 23.3 Å². The largest absolute Gasteiger partial charge is 0.482 e. The van der Waals surface area contributed by atoms with Crippen LogP contribution in [-0.4, -0.2) is 24.0 Å². The van der Waals surface area contributed by atoms with E-state index < -0.39 is 0 Å². The molecule has 6 heteroatoms. The van der Waals surface area contributed by atoms with Crippen LogP contribution in [0.15, 0.2) is 48.7 Å². The molecular formula is C18H16Cl2N2O2. The first-order valence-electron chi connectivity index (χ1n) is 7.52. The number of carbonyl (C=O) groups is 1. The van der Waals surface area contributed by atoms with Crippen LogP contribution in [-0.2, 0) is 11.2 Å². The fourth-order valence-electron chi connectivity index (χ4n) is 2.38. The van der Waals surface area contributed by atoms with Crippen molar-refractivity contribution in [2.75, 3.05) is 13.2 Å². The van der Waals surface area contributed by atoms with Crippen molar-refractivity contribution in [3.05, 3.63) is 64.3 Å². The molecule has 1 amide bonds. The van der Waals surface area contributed by atoms with Crippen molar-refractivity contribution in [1.29, 1.82) is 0 Å². The van der Waals surface area contributed by atoms with Gasteiger partial charge in [-0.25, -0.2) is 0 Å². The number of carbonyl (C=O) groups excluding carboxylic acids is 1. The Kier molecular flexibility index (Phi) is 5.28. The van der Waals surface area contributed by atoms with Gasteiger partial charge in [0.25, 0.3) is 5.91 Å². The zero-order chi connectivity index (χ0) is 16.9. The summed E-state index contributed by atoms with van der Waals surface area (Å²) in [6.07, 6.45) is 2.66. The Bertz CT molecular complexity index is 861. The van der Waals surface area contributed by atoms with Gasteiger partial charge in [-0.1, -0.05) is 35.3 Å². The Hall–Kier alpha value is -2.17. The van der Waals surface area contributed by atoms with Gasteiger partial charge in [-0.05, 0) is 47.7 Å². The molecule has 3 aromatic rings. The zero-order valence-electron chi connectivity index (χ0n) is 12.8. The van der Waals surface area contributed by atoms with E-state index in [0.29, 0.717) is 22.3 Å². The fourth-order valence-corrected chi connectivity index (χ4v) is 2.85. The van der Waals surface area contributed by atoms with Crippen LogP contribution in [0.1, 0.15) is 5.56 Å². The van der Waals surface area contributed by atoms with Gasteiger partial charge in [0.15, 0.2) is 6.61 Å². The predicted octanol–water partition coefficient (Wildman–Crippen LogP) is 4.21. The molecule has 3 rings (SSSR count). The lowest BCUT2D eigenvalue weighted by Crippen LogP contribution is -2.30. The summed E-state index contributed by atoms with van der Waals surface area (Å²) >= 11 is 11.8. The van der Waals surface area contributed by atoms with E-state index in [4.69, 9.17) is 27.9 Å². The Labute approximate surface area is 149 Å². The van der Waals surface area contributed by atoms with Crippen molar-refractivity contribution >= 4 is 40.0 Å². The first-order valence-corrected chi connectivity index (χ1v) is 8.28. The number of rotatable bonds is 6. The van der Waals surface area contributed by atoms with E-state index >= 15 is 0 Å². The molecule has 1 heterocycles. The number of halogens is 2. The minimum atomic E-state index is -0.193. The molecule has 0 unspecified atom stereocenters. The standard InChI is InChI=1S/C18H16Cl2N2O2/c19-14-3-4-17(15(20)10-14)24-11-18(23)22-7-5-12-1-2-13-6-8-21-16(13)9-12/h1-4,6,8-10,21H,5,7,11H2,(H,22,23). The topological polar surface area (TPSA) is 54.1 Å². The summed E-state index contributed by atoms with van der Waals surface area (Å²) in [5.41, 5.74) is 2.26. The lowest BCUT2D eigenvalue weighted by molar-refractivity contribution is -0.123. The molecule has 0 atom stereocenters. The van der Waals surface area contributed by atoms with Gasteiger partial charge in [-0.15, -0.1) is 0 Å². The average Bonchev–Trinajstić information content (AvgIpc) is 3.02. The second kappa shape index (κ2) is 7.60. The van der Waals surface area contributed by atoms with E-state index in [9.17, 15) is 4.79 Å². The van der Waals surface area contributed by atoms with Crippen molar-refractivity contribution in [2.24, 2.45) is 0 Å². The van der Waals surface area contributed by atoms with Crippen molar-refractivity contribution in [1.82, 2.24) is 10.3 Å². The molecule has 0 saturated heterocycles. The van der Waals surface area contributed by atoms with Crippen LogP contribution >= 0.6 is 23.2 Å². The van der Waals surface area contributed by atoms with Crippen LogP contribution in [0.3, 0.4) is 0 Å². The SMILES string of the molecule is O=C(COc1ccc(Cl)cc1Cl)NCCc1ccc2cc[nH]c2c1. The molecule has 0 radical (unpaired) electrons. The Morgan fingerprint density at radius 3 is 2.83 bits per heavy atom. The third-order valence-corrected chi connectivity index (χ3v) is 4.14. The maximum atomic E-state index is 11.8. The maximum absolute atomic E-state index is 11.8. The smallest absolute Gasteiger partial charge is 0.257 e. The molecule has 24 heavy (non-hydrogen) atoms. The monoisotopic (exact) mass is 362 g/mol. The van der Waals surface area contributed by atoms with Crippen molar-refractivity contribution in [2.45, 2.75) is 6.42 Å². The van der Waals surface area contributed by atoms with Crippen LogP contribution in [0.2, 0.25) is 10.0 Å². The molecule has 0 saturated carbocycles. The van der Waals surface area contributed by atoms with Gasteiger partial charge in [0.1, 0.15) is 5.75 Å². The molecule has 0 fully saturated rings. The van der Waals surface area contributed by atoms with E-state index in [1.807, 2.05) is 12.3 Å². The average molecular weight is 363 g/mol. The Morgan fingerprint density at radius 2 is 2.00 bits per heavy atom. The van der Waals surface area contributed by atoms with Gasteiger partial charge in [-0.3, -0.25) is 4.79 Å². The number of fused-ring (bicyclic) bond motifs is 1. The molecule has 0 aliphatic rings. The zero-order valence-corrected chi connectivity index (χ0v) is 14.3. The van der Waals surface area contributed by atoms with E-state index in [2.05, 4.69) is 28.5 Å². The van der Waals surface area contributed by atoms with Crippen molar-refractivity contribution < 1.29 is 9.53 Å². The highest BCUT2D eigenvalue weighted by Crippen LogP contribution is 2.27. The number of aromatic amines is 1. The van der Waals surface area contributed by atoms with Crippen LogP contribution in [0.25, 0.3) is 10.9 Å². The van der Waals surface area contributed by atoms with Crippen molar-refractivity contribution in [3.63, 3.8) is 0 Å². The highest BCUT2D eigenvalue weighted by molar-refractivity contribution is 6.35. The summed E-state index contributed by atoms with van der Waals surface area (Å²) in [4.78, 5) is 15.0. The molecule has 0 bridgehead atoms. The summed E-state index contributed by atoms with van der Waals surface area (Å²) in [5, 5.41) is 4.92. The number of H-pyrrole nitrogens is 1. The molecule has 0 aliphatic carbocycles. The van der Waals surface area contributed by atoms with Crippen molar-refractivity contribution in [3.8, 4) is 5.75 Å². The highest BCUT2D eigenvalue weighted by atomic mass is 35.5. The lowest BCUT2D eigenvalue weighted by Gasteiger charge is -2.09. The molecule has 0 spiro atoms. The molecule has 0 aliphatic heterocycles. The Morgan fingerprint density at radius 1 is 1.12 bits per heavy atom. The molecule has 124 valence electrons. The van der Waals surface area contributed by atoms with E-state index in [1.165, 1.54) is 5.39 Å². The molecule has 2 N–H and O–H groups in total. The summed E-state index contributed by atoms with van der Waals surface area (Å²) in [6.45, 7) is 0.458. The third kappa shape index (κ3) is 4.22. The maximum Gasteiger partial charge on any atom is 0.257 e. The van der Waals surface area contributed by atoms with E-state index in [-0.39, 0.29) is 12.5 Å². The summed E-state index contributed by atoms with van der Waals surface area (Å²) in [7, 11) is 0. The molecule has 1 aromatic heterocycles. The second-order valence-corrected chi connectivity index (χ2v) is 6.21. The van der Waals surface area contributed by atoms with Crippen LogP contribution in [0, 0.1) is 0 Å². The van der Waals surface area contributed by atoms with Gasteiger partial charge >= 0.3 is 0 Å². The summed E-state index contributed by atoms with van der Waals surface area (Å²) < 4.78 is 5.40. The number of benzene rings is 2. The number of nitrogens with one attached hydrogen (secondary N) is 2. The Balaban J connectivity index is 1.45. The van der Waals surface area contributed by atoms with Gasteiger partial charge in [0.05, 0.1) is 5.02 Å². The normalized spacial score (nSPS) is 10.8. The van der Waals surface area contributed by atoms with Crippen LogP contribution in [0.5, 0.6) is 5.75 Å². The summed E-state index contributed by atoms with van der Waals surface area (Å²) in [5.74, 6) is 0.246. The van der Waals surface area contributed by atoms with Gasteiger partial charge < -0.3 is 15.0 Å². The molecule has 2 aromatic carbocycles. The fraction of sp³-hybridized carbons (Fsp3) is 0.167. The van der Waals surface area contributed by atoms with Gasteiger partial charge in [0.2, 0.25) is 0 Å². The van der Waals surface area contributed by atoms with E-state index in [0.717, 1.165) is 17.5 Å². The lowest BCUT2D eigenvalue weighted by atomic mass is 10.1. The number of hydrogen-bond acceptors (Lipinski definition) is 2. The minimum Gasteiger partial charge on any atom is -0.482 e. The number of ether oxygens (including phenoxy) is 1. The summed E-state index contributed by atoms with van der Waals surface area (Å²) in [6, 6.07) is 13.1. The number of amides is 1. The first kappa shape index (κ1) is 16.7.